The molecule has 2 rings (SSSR count). The topological polar surface area (TPSA) is 34.2 Å². The predicted octanol–water partition coefficient (Wildman–Crippen LogP) is 3.51. The van der Waals surface area contributed by atoms with Crippen LogP contribution < -0.4 is 10.1 Å². The molecular weight excluding hydrogens is 268 g/mol. The Kier molecular flexibility index (Phi) is 6.02. The molecule has 2 aromatic rings. The number of hydrogen-bond donors (Lipinski definition) is 1. The highest BCUT2D eigenvalue weighted by molar-refractivity contribution is 7.11. The van der Waals surface area contributed by atoms with Crippen LogP contribution in [0.5, 0.6) is 5.75 Å². The van der Waals surface area contributed by atoms with Crippen molar-refractivity contribution >= 4 is 11.3 Å². The van der Waals surface area contributed by atoms with Gasteiger partial charge in [-0.05, 0) is 24.6 Å². The number of para-hydroxylation sites is 1. The van der Waals surface area contributed by atoms with Gasteiger partial charge in [-0.15, -0.1) is 11.3 Å². The summed E-state index contributed by atoms with van der Waals surface area (Å²) in [6, 6.07) is 9.91. The quantitative estimate of drug-likeness (QED) is 0.808. The van der Waals surface area contributed by atoms with Crippen molar-refractivity contribution in [3.63, 3.8) is 0 Å². The van der Waals surface area contributed by atoms with Gasteiger partial charge in [-0.2, -0.15) is 0 Å². The van der Waals surface area contributed by atoms with Gasteiger partial charge >= 0.3 is 0 Å². The van der Waals surface area contributed by atoms with Crippen molar-refractivity contribution in [3.05, 3.63) is 46.4 Å². The molecular formula is C16H22N2OS. The molecule has 0 bridgehead atoms. The minimum Gasteiger partial charge on any atom is -0.493 e. The number of aromatic nitrogens is 1. The molecule has 1 N–H and O–H groups in total. The van der Waals surface area contributed by atoms with Crippen molar-refractivity contribution in [3.8, 4) is 5.75 Å². The van der Waals surface area contributed by atoms with Crippen molar-refractivity contribution in [2.24, 2.45) is 5.92 Å². The number of thiazole rings is 1. The van der Waals surface area contributed by atoms with Crippen LogP contribution in [0, 0.1) is 5.92 Å². The molecule has 0 aliphatic rings. The molecule has 0 fully saturated rings. The summed E-state index contributed by atoms with van der Waals surface area (Å²) in [5.74, 6) is 1.60. The molecule has 0 saturated carbocycles. The van der Waals surface area contributed by atoms with Crippen LogP contribution in [0.2, 0.25) is 0 Å². The number of rotatable bonds is 8. The molecule has 0 radical (unpaired) electrons. The summed E-state index contributed by atoms with van der Waals surface area (Å²) in [5, 5.41) is 4.58. The Bertz CT molecular complexity index is 496. The van der Waals surface area contributed by atoms with Gasteiger partial charge in [0.15, 0.2) is 0 Å². The smallest absolute Gasteiger partial charge is 0.119 e. The number of ether oxygens (including phenoxy) is 1. The van der Waals surface area contributed by atoms with Crippen molar-refractivity contribution < 1.29 is 4.74 Å². The monoisotopic (exact) mass is 290 g/mol. The normalized spacial score (nSPS) is 10.9. The summed E-state index contributed by atoms with van der Waals surface area (Å²) in [7, 11) is 0. The first kappa shape index (κ1) is 15.0. The van der Waals surface area contributed by atoms with Gasteiger partial charge in [-0.1, -0.05) is 32.0 Å². The fraction of sp³-hybridized carbons (Fsp3) is 0.438. The first-order valence-electron chi connectivity index (χ1n) is 7.06. The Labute approximate surface area is 125 Å². The Hall–Kier alpha value is -1.39. The van der Waals surface area contributed by atoms with Crippen LogP contribution in [-0.4, -0.2) is 18.1 Å². The minimum atomic E-state index is 0.677. The summed E-state index contributed by atoms with van der Waals surface area (Å²) in [6.45, 7) is 7.06. The maximum absolute atomic E-state index is 5.68. The van der Waals surface area contributed by atoms with Gasteiger partial charge in [0, 0.05) is 24.0 Å². The van der Waals surface area contributed by atoms with E-state index < -0.39 is 0 Å². The molecule has 3 nitrogen and oxygen atoms in total. The zero-order valence-corrected chi connectivity index (χ0v) is 13.0. The predicted molar refractivity (Wildman–Crippen MR) is 84.3 cm³/mol. The molecule has 20 heavy (non-hydrogen) atoms. The molecule has 0 atom stereocenters. The first-order chi connectivity index (χ1) is 9.74. The van der Waals surface area contributed by atoms with E-state index in [4.69, 9.17) is 4.74 Å². The second-order valence-electron chi connectivity index (χ2n) is 5.16. The van der Waals surface area contributed by atoms with E-state index in [1.807, 2.05) is 36.5 Å². The molecule has 0 aliphatic heterocycles. The molecule has 0 spiro atoms. The van der Waals surface area contributed by atoms with Crippen LogP contribution in [-0.2, 0) is 13.0 Å². The molecule has 1 aromatic carbocycles. The van der Waals surface area contributed by atoms with Gasteiger partial charge in [0.05, 0.1) is 11.6 Å². The van der Waals surface area contributed by atoms with Crippen LogP contribution in [0.4, 0.5) is 0 Å². The summed E-state index contributed by atoms with van der Waals surface area (Å²) < 4.78 is 5.68. The van der Waals surface area contributed by atoms with E-state index in [1.165, 1.54) is 4.88 Å². The lowest BCUT2D eigenvalue weighted by Crippen LogP contribution is -2.18. The third-order valence-corrected chi connectivity index (χ3v) is 3.84. The van der Waals surface area contributed by atoms with Crippen LogP contribution in [0.25, 0.3) is 0 Å². The summed E-state index contributed by atoms with van der Waals surface area (Å²) in [6.07, 6.45) is 2.83. The summed E-state index contributed by atoms with van der Waals surface area (Å²) in [4.78, 5) is 5.74. The second-order valence-corrected chi connectivity index (χ2v) is 6.36. The third kappa shape index (κ3) is 5.31. The summed E-state index contributed by atoms with van der Waals surface area (Å²) in [5.41, 5.74) is 0. The van der Waals surface area contributed by atoms with Gasteiger partial charge in [0.25, 0.3) is 0 Å². The van der Waals surface area contributed by atoms with Gasteiger partial charge in [0.1, 0.15) is 5.75 Å². The van der Waals surface area contributed by atoms with E-state index in [0.29, 0.717) is 12.5 Å². The van der Waals surface area contributed by atoms with Gasteiger partial charge in [-0.3, -0.25) is 0 Å². The van der Waals surface area contributed by atoms with Crippen LogP contribution in [0.15, 0.2) is 36.5 Å². The van der Waals surface area contributed by atoms with Crippen molar-refractivity contribution in [2.75, 3.05) is 13.2 Å². The average molecular weight is 290 g/mol. The zero-order valence-electron chi connectivity index (χ0n) is 12.1. The first-order valence-corrected chi connectivity index (χ1v) is 7.88. The zero-order chi connectivity index (χ0) is 14.2. The number of benzene rings is 1. The van der Waals surface area contributed by atoms with Gasteiger partial charge in [0.2, 0.25) is 0 Å². The van der Waals surface area contributed by atoms with E-state index in [-0.39, 0.29) is 0 Å². The molecule has 4 heteroatoms. The molecule has 0 unspecified atom stereocenters. The minimum absolute atomic E-state index is 0.677. The lowest BCUT2D eigenvalue weighted by molar-refractivity contribution is 0.322. The average Bonchev–Trinajstić information content (AvgIpc) is 2.87. The number of nitrogens with zero attached hydrogens (tertiary/aromatic N) is 1. The maximum Gasteiger partial charge on any atom is 0.119 e. The highest BCUT2D eigenvalue weighted by Gasteiger charge is 2.03. The Morgan fingerprint density at radius 1 is 1.25 bits per heavy atom. The number of hydrogen-bond acceptors (Lipinski definition) is 4. The van der Waals surface area contributed by atoms with Gasteiger partial charge in [-0.25, -0.2) is 4.98 Å². The SMILES string of the molecule is CC(C)CNCc1cnc(CCOc2ccccc2)s1. The standard InChI is InChI=1S/C16H22N2OS/c1-13(2)10-17-11-15-12-18-16(20-15)8-9-19-14-6-4-3-5-7-14/h3-7,12-13,17H,8-11H2,1-2H3. The molecule has 0 aliphatic carbocycles. The highest BCUT2D eigenvalue weighted by Crippen LogP contribution is 2.14. The molecule has 0 amide bonds. The van der Waals surface area contributed by atoms with Crippen LogP contribution >= 0.6 is 11.3 Å². The lowest BCUT2D eigenvalue weighted by Gasteiger charge is -2.05. The Morgan fingerprint density at radius 2 is 2.05 bits per heavy atom. The maximum atomic E-state index is 5.68. The van der Waals surface area contributed by atoms with Crippen molar-refractivity contribution in [1.82, 2.24) is 10.3 Å². The second kappa shape index (κ2) is 8.02. The molecule has 108 valence electrons. The fourth-order valence-corrected chi connectivity index (χ4v) is 2.68. The van der Waals surface area contributed by atoms with Crippen molar-refractivity contribution in [2.45, 2.75) is 26.8 Å². The van der Waals surface area contributed by atoms with E-state index in [2.05, 4.69) is 24.1 Å². The van der Waals surface area contributed by atoms with E-state index in [1.54, 1.807) is 11.3 Å². The molecule has 1 aromatic heterocycles. The van der Waals surface area contributed by atoms with Crippen molar-refractivity contribution in [1.29, 1.82) is 0 Å². The highest BCUT2D eigenvalue weighted by atomic mass is 32.1. The fourth-order valence-electron chi connectivity index (χ4n) is 1.80. The summed E-state index contributed by atoms with van der Waals surface area (Å²) >= 11 is 1.77. The van der Waals surface area contributed by atoms with E-state index in [9.17, 15) is 0 Å². The van der Waals surface area contributed by atoms with Crippen LogP contribution in [0.1, 0.15) is 23.7 Å². The largest absolute Gasteiger partial charge is 0.493 e. The molecule has 1 heterocycles. The number of nitrogens with one attached hydrogen (secondary N) is 1. The van der Waals surface area contributed by atoms with E-state index in [0.717, 1.165) is 30.3 Å². The Balaban J connectivity index is 1.70. The third-order valence-electron chi connectivity index (χ3n) is 2.78. The Morgan fingerprint density at radius 3 is 2.80 bits per heavy atom. The molecule has 0 saturated heterocycles. The van der Waals surface area contributed by atoms with Crippen LogP contribution in [0.3, 0.4) is 0 Å². The lowest BCUT2D eigenvalue weighted by atomic mass is 10.2. The van der Waals surface area contributed by atoms with E-state index >= 15 is 0 Å². The van der Waals surface area contributed by atoms with Gasteiger partial charge < -0.3 is 10.1 Å².